The van der Waals surface area contributed by atoms with Gasteiger partial charge in [0.25, 0.3) is 5.91 Å². The van der Waals surface area contributed by atoms with Gasteiger partial charge in [0.1, 0.15) is 0 Å². The molecule has 0 bridgehead atoms. The highest BCUT2D eigenvalue weighted by atomic mass is 16.1. The summed E-state index contributed by atoms with van der Waals surface area (Å²) >= 11 is 0. The molecule has 4 nitrogen and oxygen atoms in total. The molecule has 0 radical (unpaired) electrons. The molecular weight excluding hydrogens is 262 g/mol. The quantitative estimate of drug-likeness (QED) is 0.909. The SMILES string of the molecule is CC(C)(C)c1ccccc1NC(=O)c1ccnc(CN)c1. The van der Waals surface area contributed by atoms with E-state index in [1.54, 1.807) is 18.3 Å². The van der Waals surface area contributed by atoms with Crippen LogP contribution in [0.5, 0.6) is 0 Å². The fourth-order valence-corrected chi connectivity index (χ4v) is 2.17. The van der Waals surface area contributed by atoms with E-state index in [1.165, 1.54) is 0 Å². The van der Waals surface area contributed by atoms with Gasteiger partial charge in [-0.05, 0) is 29.2 Å². The van der Waals surface area contributed by atoms with E-state index in [0.29, 0.717) is 17.8 Å². The van der Waals surface area contributed by atoms with E-state index in [1.807, 2.05) is 24.3 Å². The second kappa shape index (κ2) is 6.06. The van der Waals surface area contributed by atoms with Crippen LogP contribution in [0.15, 0.2) is 42.6 Å². The van der Waals surface area contributed by atoms with Gasteiger partial charge in [0.05, 0.1) is 5.69 Å². The minimum atomic E-state index is -0.149. The molecule has 0 atom stereocenters. The number of carbonyl (C=O) groups excluding carboxylic acids is 1. The minimum Gasteiger partial charge on any atom is -0.325 e. The van der Waals surface area contributed by atoms with Gasteiger partial charge >= 0.3 is 0 Å². The average Bonchev–Trinajstić information content (AvgIpc) is 2.46. The van der Waals surface area contributed by atoms with Gasteiger partial charge < -0.3 is 11.1 Å². The van der Waals surface area contributed by atoms with Crippen LogP contribution in [-0.4, -0.2) is 10.9 Å². The van der Waals surface area contributed by atoms with Crippen LogP contribution in [0.25, 0.3) is 0 Å². The molecule has 1 heterocycles. The summed E-state index contributed by atoms with van der Waals surface area (Å²) in [6.45, 7) is 6.69. The lowest BCUT2D eigenvalue weighted by Gasteiger charge is -2.23. The van der Waals surface area contributed by atoms with Crippen LogP contribution in [0, 0.1) is 0 Å². The Morgan fingerprint density at radius 3 is 2.62 bits per heavy atom. The number of benzene rings is 1. The van der Waals surface area contributed by atoms with E-state index < -0.39 is 0 Å². The Bertz CT molecular complexity index is 644. The van der Waals surface area contributed by atoms with Gasteiger partial charge in [-0.2, -0.15) is 0 Å². The van der Waals surface area contributed by atoms with Crippen LogP contribution in [0.4, 0.5) is 5.69 Å². The standard InChI is InChI=1S/C17H21N3O/c1-17(2,3)14-6-4-5-7-15(14)20-16(21)12-8-9-19-13(10-12)11-18/h4-10H,11,18H2,1-3H3,(H,20,21). The second-order valence-electron chi connectivity index (χ2n) is 5.99. The van der Waals surface area contributed by atoms with Gasteiger partial charge in [0, 0.05) is 24.0 Å². The summed E-state index contributed by atoms with van der Waals surface area (Å²) < 4.78 is 0. The zero-order chi connectivity index (χ0) is 15.5. The Kier molecular flexibility index (Phi) is 4.38. The van der Waals surface area contributed by atoms with E-state index in [2.05, 4.69) is 31.1 Å². The van der Waals surface area contributed by atoms with Crippen molar-refractivity contribution >= 4 is 11.6 Å². The van der Waals surface area contributed by atoms with E-state index in [0.717, 1.165) is 11.3 Å². The highest BCUT2D eigenvalue weighted by Crippen LogP contribution is 2.29. The zero-order valence-corrected chi connectivity index (χ0v) is 12.7. The smallest absolute Gasteiger partial charge is 0.255 e. The molecular formula is C17H21N3O. The van der Waals surface area contributed by atoms with Crippen molar-refractivity contribution in [3.8, 4) is 0 Å². The van der Waals surface area contributed by atoms with Crippen LogP contribution in [0.1, 0.15) is 42.4 Å². The molecule has 0 aliphatic heterocycles. The summed E-state index contributed by atoms with van der Waals surface area (Å²) in [6, 6.07) is 11.3. The number of nitrogens with zero attached hydrogens (tertiary/aromatic N) is 1. The largest absolute Gasteiger partial charge is 0.325 e. The van der Waals surface area contributed by atoms with Crippen molar-refractivity contribution in [2.75, 3.05) is 5.32 Å². The van der Waals surface area contributed by atoms with Crippen LogP contribution in [-0.2, 0) is 12.0 Å². The number of nitrogens with one attached hydrogen (secondary N) is 1. The van der Waals surface area contributed by atoms with Crippen LogP contribution >= 0.6 is 0 Å². The number of rotatable bonds is 3. The number of para-hydroxylation sites is 1. The molecule has 21 heavy (non-hydrogen) atoms. The number of hydrogen-bond acceptors (Lipinski definition) is 3. The average molecular weight is 283 g/mol. The first kappa shape index (κ1) is 15.2. The number of pyridine rings is 1. The summed E-state index contributed by atoms with van der Waals surface area (Å²) in [7, 11) is 0. The van der Waals surface area contributed by atoms with Crippen molar-refractivity contribution in [1.29, 1.82) is 0 Å². The molecule has 0 spiro atoms. The topological polar surface area (TPSA) is 68.0 Å². The summed E-state index contributed by atoms with van der Waals surface area (Å²) in [5.41, 5.74) is 8.72. The number of hydrogen-bond donors (Lipinski definition) is 2. The summed E-state index contributed by atoms with van der Waals surface area (Å²) in [4.78, 5) is 16.5. The van der Waals surface area contributed by atoms with Gasteiger partial charge in [-0.1, -0.05) is 39.0 Å². The maximum Gasteiger partial charge on any atom is 0.255 e. The van der Waals surface area contributed by atoms with Crippen LogP contribution in [0.2, 0.25) is 0 Å². The highest BCUT2D eigenvalue weighted by Gasteiger charge is 2.19. The number of carbonyl (C=O) groups is 1. The fraction of sp³-hybridized carbons (Fsp3) is 0.294. The minimum absolute atomic E-state index is 0.0372. The van der Waals surface area contributed by atoms with Gasteiger partial charge in [-0.15, -0.1) is 0 Å². The normalized spacial score (nSPS) is 11.2. The van der Waals surface area contributed by atoms with E-state index in [9.17, 15) is 4.79 Å². The molecule has 0 saturated carbocycles. The summed E-state index contributed by atoms with van der Waals surface area (Å²) in [6.07, 6.45) is 1.60. The van der Waals surface area contributed by atoms with Crippen molar-refractivity contribution in [2.24, 2.45) is 5.73 Å². The van der Waals surface area contributed by atoms with Crippen molar-refractivity contribution in [3.63, 3.8) is 0 Å². The lowest BCUT2D eigenvalue weighted by atomic mass is 9.86. The second-order valence-corrected chi connectivity index (χ2v) is 5.99. The Morgan fingerprint density at radius 2 is 1.95 bits per heavy atom. The predicted octanol–water partition coefficient (Wildman–Crippen LogP) is 3.09. The zero-order valence-electron chi connectivity index (χ0n) is 12.7. The predicted molar refractivity (Wildman–Crippen MR) is 85.2 cm³/mol. The molecule has 0 unspecified atom stereocenters. The van der Waals surface area contributed by atoms with E-state index in [-0.39, 0.29) is 11.3 Å². The maximum absolute atomic E-state index is 12.4. The molecule has 2 rings (SSSR count). The van der Waals surface area contributed by atoms with Gasteiger partial charge in [-0.25, -0.2) is 0 Å². The van der Waals surface area contributed by atoms with Crippen molar-refractivity contribution in [1.82, 2.24) is 4.98 Å². The molecule has 1 amide bonds. The van der Waals surface area contributed by atoms with Gasteiger partial charge in [0.2, 0.25) is 0 Å². The highest BCUT2D eigenvalue weighted by molar-refractivity contribution is 6.04. The first-order chi connectivity index (χ1) is 9.91. The maximum atomic E-state index is 12.4. The molecule has 1 aromatic heterocycles. The van der Waals surface area contributed by atoms with Crippen molar-refractivity contribution in [2.45, 2.75) is 32.7 Å². The lowest BCUT2D eigenvalue weighted by molar-refractivity contribution is 0.102. The molecule has 0 fully saturated rings. The third-order valence-corrected chi connectivity index (χ3v) is 3.27. The molecule has 110 valence electrons. The van der Waals surface area contributed by atoms with E-state index >= 15 is 0 Å². The molecule has 0 saturated heterocycles. The first-order valence-corrected chi connectivity index (χ1v) is 6.97. The van der Waals surface area contributed by atoms with E-state index in [4.69, 9.17) is 5.73 Å². The summed E-state index contributed by atoms with van der Waals surface area (Å²) in [5.74, 6) is -0.149. The monoisotopic (exact) mass is 283 g/mol. The number of anilines is 1. The Balaban J connectivity index is 2.28. The first-order valence-electron chi connectivity index (χ1n) is 6.97. The van der Waals surface area contributed by atoms with Gasteiger partial charge in [0.15, 0.2) is 0 Å². The molecule has 0 aliphatic carbocycles. The van der Waals surface area contributed by atoms with Crippen LogP contribution < -0.4 is 11.1 Å². The van der Waals surface area contributed by atoms with Crippen molar-refractivity contribution < 1.29 is 4.79 Å². The molecule has 1 aromatic carbocycles. The fourth-order valence-electron chi connectivity index (χ4n) is 2.17. The Labute approximate surface area is 125 Å². The molecule has 3 N–H and O–H groups in total. The molecule has 4 heteroatoms. The number of amides is 1. The summed E-state index contributed by atoms with van der Waals surface area (Å²) in [5, 5.41) is 2.98. The number of aromatic nitrogens is 1. The Morgan fingerprint density at radius 1 is 1.24 bits per heavy atom. The third kappa shape index (κ3) is 3.67. The Hall–Kier alpha value is -2.20. The lowest BCUT2D eigenvalue weighted by Crippen LogP contribution is -2.19. The number of nitrogens with two attached hydrogens (primary N) is 1. The molecule has 2 aromatic rings. The van der Waals surface area contributed by atoms with Crippen LogP contribution in [0.3, 0.4) is 0 Å². The third-order valence-electron chi connectivity index (χ3n) is 3.27. The van der Waals surface area contributed by atoms with Crippen molar-refractivity contribution in [3.05, 3.63) is 59.4 Å². The molecule has 0 aliphatic rings. The van der Waals surface area contributed by atoms with Gasteiger partial charge in [-0.3, -0.25) is 9.78 Å².